The fourth-order valence-corrected chi connectivity index (χ4v) is 5.04. The number of rotatable bonds is 0. The minimum absolute atomic E-state index is 0.0114. The summed E-state index contributed by atoms with van der Waals surface area (Å²) < 4.78 is 29.1. The lowest BCUT2D eigenvalue weighted by atomic mass is 9.59. The topological polar surface area (TPSA) is 63.2 Å². The molecule has 0 aromatic heterocycles. The molecule has 6 rings (SSSR count). The van der Waals surface area contributed by atoms with Gasteiger partial charge < -0.3 is 18.9 Å². The number of fused-ring (bicyclic) bond motifs is 3. The Bertz CT molecular complexity index is 915. The van der Waals surface area contributed by atoms with Crippen LogP contribution in [0.5, 0.6) is 17.2 Å². The fraction of sp³-hybridized carbons (Fsp3) is 0.450. The Hall–Kier alpha value is -2.47. The molecule has 0 radical (unpaired) electrons. The van der Waals surface area contributed by atoms with Gasteiger partial charge in [0.1, 0.15) is 5.75 Å². The molecule has 2 aliphatic carbocycles. The summed E-state index contributed by atoms with van der Waals surface area (Å²) in [6, 6.07) is 3.87. The summed E-state index contributed by atoms with van der Waals surface area (Å²) in [4.78, 5) is 12.8. The minimum atomic E-state index is -1.07. The van der Waals surface area contributed by atoms with Crippen molar-refractivity contribution in [1.29, 1.82) is 0 Å². The maximum atomic E-state index is 12.8. The number of ketones is 1. The normalized spacial score (nSPS) is 38.3. The molecule has 6 nitrogen and oxygen atoms in total. The summed E-state index contributed by atoms with van der Waals surface area (Å²) in [5.41, 5.74) is 1.80. The van der Waals surface area contributed by atoms with Gasteiger partial charge in [-0.25, -0.2) is 0 Å². The molecule has 26 heavy (non-hydrogen) atoms. The minimum Gasteiger partial charge on any atom is -0.465 e. The number of carbonyl (C=O) groups is 1. The van der Waals surface area contributed by atoms with Gasteiger partial charge in [0.2, 0.25) is 6.79 Å². The second-order valence-corrected chi connectivity index (χ2v) is 7.64. The molecule has 134 valence electrons. The van der Waals surface area contributed by atoms with Crippen molar-refractivity contribution in [2.24, 2.45) is 17.8 Å². The van der Waals surface area contributed by atoms with E-state index in [4.69, 9.17) is 23.7 Å². The lowest BCUT2D eigenvalue weighted by Gasteiger charge is -2.51. The summed E-state index contributed by atoms with van der Waals surface area (Å²) >= 11 is 0. The highest BCUT2D eigenvalue weighted by atomic mass is 16.8. The Labute approximate surface area is 150 Å². The van der Waals surface area contributed by atoms with E-state index in [0.29, 0.717) is 23.2 Å². The highest BCUT2D eigenvalue weighted by molar-refractivity contribution is 6.06. The molecule has 0 unspecified atom stereocenters. The Kier molecular flexibility index (Phi) is 2.61. The second-order valence-electron chi connectivity index (χ2n) is 7.64. The van der Waals surface area contributed by atoms with E-state index in [1.807, 2.05) is 12.1 Å². The van der Waals surface area contributed by atoms with Crippen LogP contribution in [-0.2, 0) is 14.3 Å². The van der Waals surface area contributed by atoms with Crippen molar-refractivity contribution in [2.75, 3.05) is 13.6 Å². The summed E-state index contributed by atoms with van der Waals surface area (Å²) in [6.45, 7) is 4.66. The average molecular weight is 354 g/mol. The van der Waals surface area contributed by atoms with Gasteiger partial charge in [0, 0.05) is 29.2 Å². The van der Waals surface area contributed by atoms with Gasteiger partial charge >= 0.3 is 0 Å². The van der Waals surface area contributed by atoms with Crippen LogP contribution in [0.25, 0.3) is 0 Å². The van der Waals surface area contributed by atoms with E-state index >= 15 is 0 Å². The predicted molar refractivity (Wildman–Crippen MR) is 88.7 cm³/mol. The van der Waals surface area contributed by atoms with E-state index in [2.05, 4.69) is 19.9 Å². The third-order valence-corrected chi connectivity index (χ3v) is 6.45. The lowest BCUT2D eigenvalue weighted by molar-refractivity contribution is -0.182. The quantitative estimate of drug-likeness (QED) is 0.714. The van der Waals surface area contributed by atoms with Gasteiger partial charge in [-0.1, -0.05) is 19.9 Å². The zero-order valence-electron chi connectivity index (χ0n) is 14.5. The van der Waals surface area contributed by atoms with Crippen molar-refractivity contribution in [3.8, 4) is 17.2 Å². The van der Waals surface area contributed by atoms with Crippen molar-refractivity contribution in [2.45, 2.75) is 25.6 Å². The third kappa shape index (κ3) is 1.59. The van der Waals surface area contributed by atoms with E-state index in [1.165, 1.54) is 6.08 Å². The summed E-state index contributed by atoms with van der Waals surface area (Å²) in [5, 5.41) is 0. The van der Waals surface area contributed by atoms with Crippen LogP contribution >= 0.6 is 0 Å². The van der Waals surface area contributed by atoms with Gasteiger partial charge in [0.05, 0.1) is 5.92 Å². The molecule has 3 heterocycles. The number of hydrogen-bond acceptors (Lipinski definition) is 6. The van der Waals surface area contributed by atoms with Crippen LogP contribution in [0.2, 0.25) is 0 Å². The summed E-state index contributed by atoms with van der Waals surface area (Å²) in [5.74, 6) is 1.90. The van der Waals surface area contributed by atoms with E-state index in [1.54, 1.807) is 0 Å². The van der Waals surface area contributed by atoms with Crippen molar-refractivity contribution >= 4 is 5.78 Å². The first-order valence-corrected chi connectivity index (χ1v) is 8.96. The van der Waals surface area contributed by atoms with Gasteiger partial charge in [-0.3, -0.25) is 9.53 Å². The maximum Gasteiger partial charge on any atom is 0.279 e. The van der Waals surface area contributed by atoms with Gasteiger partial charge in [-0.2, -0.15) is 0 Å². The largest absolute Gasteiger partial charge is 0.465 e. The predicted octanol–water partition coefficient (Wildman–Crippen LogP) is 2.89. The molecule has 1 aromatic carbocycles. The molecule has 1 aromatic rings. The molecule has 5 atom stereocenters. The van der Waals surface area contributed by atoms with Gasteiger partial charge in [-0.15, -0.1) is 0 Å². The second kappa shape index (κ2) is 4.62. The van der Waals surface area contributed by atoms with E-state index in [9.17, 15) is 4.79 Å². The van der Waals surface area contributed by atoms with Crippen molar-refractivity contribution in [3.63, 3.8) is 0 Å². The molecule has 6 heteroatoms. The first-order chi connectivity index (χ1) is 12.6. The van der Waals surface area contributed by atoms with Crippen molar-refractivity contribution < 1.29 is 28.5 Å². The number of ether oxygens (including phenoxy) is 5. The van der Waals surface area contributed by atoms with Gasteiger partial charge in [-0.05, 0) is 17.9 Å². The van der Waals surface area contributed by atoms with Crippen LogP contribution in [0.3, 0.4) is 0 Å². The van der Waals surface area contributed by atoms with Crippen LogP contribution in [-0.4, -0.2) is 25.2 Å². The number of allylic oxidation sites excluding steroid dienone is 2. The van der Waals surface area contributed by atoms with Crippen LogP contribution in [0.1, 0.15) is 25.3 Å². The third-order valence-electron chi connectivity index (χ3n) is 6.45. The van der Waals surface area contributed by atoms with E-state index < -0.39 is 5.79 Å². The van der Waals surface area contributed by atoms with Crippen LogP contribution in [0.15, 0.2) is 35.6 Å². The summed E-state index contributed by atoms with van der Waals surface area (Å²) in [6.07, 6.45) is 3.60. The van der Waals surface area contributed by atoms with E-state index in [0.717, 1.165) is 16.9 Å². The first-order valence-electron chi connectivity index (χ1n) is 8.96. The fourth-order valence-electron chi connectivity index (χ4n) is 5.04. The molecular formula is C20H18O6. The summed E-state index contributed by atoms with van der Waals surface area (Å²) in [7, 11) is 0. The van der Waals surface area contributed by atoms with Crippen LogP contribution in [0.4, 0.5) is 0 Å². The maximum absolute atomic E-state index is 12.8. The Balaban J connectivity index is 1.64. The molecule has 1 saturated heterocycles. The SMILES string of the molecule is C[C@@H]1[C@H]2c3cc4c(cc3O[C@@]35OCOC3=CC(=O)C(=C[C@H]1C)[C@@H]25)OCO4. The zero-order chi connectivity index (χ0) is 17.6. The molecular weight excluding hydrogens is 336 g/mol. The highest BCUT2D eigenvalue weighted by Crippen LogP contribution is 2.61. The van der Waals surface area contributed by atoms with E-state index in [-0.39, 0.29) is 37.1 Å². The standard InChI is InChI=1S/C20H18O6/c1-9-3-11-13(21)5-17-20(25-8-24-17)19(11)18(10(9)2)12-4-15-16(23-7-22-15)6-14(12)26-20/h3-6,9-10,18-19H,7-8H2,1-2H3/t9-,10+,18+,19+,20+/m1/s1. The molecule has 0 saturated carbocycles. The highest BCUT2D eigenvalue weighted by Gasteiger charge is 2.64. The van der Waals surface area contributed by atoms with Crippen LogP contribution in [0, 0.1) is 17.8 Å². The zero-order valence-corrected chi connectivity index (χ0v) is 14.5. The number of hydrogen-bond donors (Lipinski definition) is 0. The number of carbonyl (C=O) groups excluding carboxylic acids is 1. The van der Waals surface area contributed by atoms with Crippen molar-refractivity contribution in [1.82, 2.24) is 0 Å². The Morgan fingerprint density at radius 3 is 2.69 bits per heavy atom. The molecule has 1 spiro atoms. The average Bonchev–Trinajstić information content (AvgIpc) is 3.23. The van der Waals surface area contributed by atoms with Crippen LogP contribution < -0.4 is 14.2 Å². The molecule has 0 N–H and O–H groups in total. The lowest BCUT2D eigenvalue weighted by Crippen LogP contribution is -2.56. The smallest absolute Gasteiger partial charge is 0.279 e. The van der Waals surface area contributed by atoms with Crippen molar-refractivity contribution in [3.05, 3.63) is 41.2 Å². The molecule has 0 bridgehead atoms. The van der Waals surface area contributed by atoms with Gasteiger partial charge in [0.15, 0.2) is 29.8 Å². The molecule has 5 aliphatic rings. The molecule has 1 fully saturated rings. The molecule has 3 aliphatic heterocycles. The molecule has 0 amide bonds. The Morgan fingerprint density at radius 1 is 1.04 bits per heavy atom. The van der Waals surface area contributed by atoms with Gasteiger partial charge in [0.25, 0.3) is 5.79 Å². The number of benzene rings is 1. The Morgan fingerprint density at radius 2 is 1.85 bits per heavy atom. The first kappa shape index (κ1) is 14.7. The monoisotopic (exact) mass is 354 g/mol.